The quantitative estimate of drug-likeness (QED) is 0.640. The molecule has 1 aliphatic heterocycles. The smallest absolute Gasteiger partial charge is 0.322 e. The monoisotopic (exact) mass is 417 g/mol. The van der Waals surface area contributed by atoms with Crippen molar-refractivity contribution in [1.82, 2.24) is 25.3 Å². The summed E-state index contributed by atoms with van der Waals surface area (Å²) in [4.78, 5) is 42.4. The van der Waals surface area contributed by atoms with Crippen LogP contribution in [0.1, 0.15) is 43.0 Å². The van der Waals surface area contributed by atoms with Crippen molar-refractivity contribution in [2.75, 3.05) is 0 Å². The molecule has 2 fully saturated rings. The molecule has 1 spiro atoms. The third kappa shape index (κ3) is 3.24. The van der Waals surface area contributed by atoms with E-state index in [0.29, 0.717) is 24.3 Å². The van der Waals surface area contributed by atoms with Crippen LogP contribution in [0, 0.1) is 5.92 Å². The largest absolute Gasteiger partial charge is 0.344 e. The molecule has 1 saturated heterocycles. The van der Waals surface area contributed by atoms with Gasteiger partial charge in [0.1, 0.15) is 11.9 Å². The summed E-state index contributed by atoms with van der Waals surface area (Å²) >= 11 is 0. The molecule has 0 bridgehead atoms. The van der Waals surface area contributed by atoms with Crippen LogP contribution in [0.5, 0.6) is 0 Å². The lowest BCUT2D eigenvalue weighted by Gasteiger charge is -2.33. The van der Waals surface area contributed by atoms with Crippen molar-refractivity contribution in [1.29, 1.82) is 0 Å². The second-order valence-electron chi connectivity index (χ2n) is 8.43. The minimum atomic E-state index is -0.886. The van der Waals surface area contributed by atoms with E-state index in [-0.39, 0.29) is 5.91 Å². The Labute approximate surface area is 179 Å². The average molecular weight is 417 g/mol. The molecule has 158 valence electrons. The van der Waals surface area contributed by atoms with Crippen molar-refractivity contribution >= 4 is 28.9 Å². The Hall–Kier alpha value is -3.68. The van der Waals surface area contributed by atoms with Gasteiger partial charge in [-0.15, -0.1) is 0 Å². The summed E-state index contributed by atoms with van der Waals surface area (Å²) in [5, 5.41) is 3.63. The van der Waals surface area contributed by atoms with E-state index in [1.54, 1.807) is 30.6 Å². The number of fused-ring (bicyclic) bond motifs is 1. The highest BCUT2D eigenvalue weighted by Crippen LogP contribution is 2.35. The van der Waals surface area contributed by atoms with Crippen LogP contribution in [0.15, 0.2) is 54.9 Å². The number of carbonyl (C=O) groups excluding carboxylic acids is 3. The molecule has 1 aromatic heterocycles. The number of hydrogen-bond acceptors (Lipinski definition) is 4. The van der Waals surface area contributed by atoms with E-state index >= 15 is 0 Å². The summed E-state index contributed by atoms with van der Waals surface area (Å²) in [6.45, 7) is 2.14. The zero-order valence-corrected chi connectivity index (χ0v) is 17.2. The van der Waals surface area contributed by atoms with Crippen molar-refractivity contribution in [3.63, 3.8) is 0 Å². The standard InChI is InChI=1S/C23H23N5O3/c1-15-10-12-23(13-11-15)21(30)28(22(31)25-23)26-20(29)16-6-8-17(9-7-16)27-14-24-18-4-2-3-5-19(18)27/h2-9,14-15H,10-13H2,1H3,(H,25,31)(H,26,29). The lowest BCUT2D eigenvalue weighted by molar-refractivity contribution is -0.134. The molecule has 4 amide bonds. The third-order valence-corrected chi connectivity index (χ3v) is 6.36. The predicted molar refractivity (Wildman–Crippen MR) is 114 cm³/mol. The van der Waals surface area contributed by atoms with Crippen LogP contribution in [0.25, 0.3) is 16.7 Å². The first-order valence-electron chi connectivity index (χ1n) is 10.5. The van der Waals surface area contributed by atoms with Crippen molar-refractivity contribution in [2.24, 2.45) is 5.92 Å². The van der Waals surface area contributed by atoms with Gasteiger partial charge in [-0.25, -0.2) is 9.78 Å². The average Bonchev–Trinajstić information content (AvgIpc) is 3.31. The highest BCUT2D eigenvalue weighted by atomic mass is 16.2. The lowest BCUT2D eigenvalue weighted by atomic mass is 9.77. The van der Waals surface area contributed by atoms with Crippen molar-refractivity contribution in [3.8, 4) is 5.69 Å². The molecule has 1 saturated carbocycles. The maximum Gasteiger partial charge on any atom is 0.344 e. The van der Waals surface area contributed by atoms with E-state index in [0.717, 1.165) is 34.6 Å². The van der Waals surface area contributed by atoms with Crippen LogP contribution in [-0.2, 0) is 4.79 Å². The van der Waals surface area contributed by atoms with Crippen LogP contribution < -0.4 is 10.7 Å². The maximum absolute atomic E-state index is 12.9. The van der Waals surface area contributed by atoms with Gasteiger partial charge >= 0.3 is 6.03 Å². The van der Waals surface area contributed by atoms with E-state index in [1.807, 2.05) is 28.8 Å². The fourth-order valence-electron chi connectivity index (χ4n) is 4.42. The van der Waals surface area contributed by atoms with Gasteiger partial charge in [-0.2, -0.15) is 5.01 Å². The maximum atomic E-state index is 12.9. The number of rotatable bonds is 3. The minimum absolute atomic E-state index is 0.354. The topological polar surface area (TPSA) is 96.3 Å². The number of nitrogens with zero attached hydrogens (tertiary/aromatic N) is 3. The number of para-hydroxylation sites is 2. The number of amides is 4. The Bertz CT molecular complexity index is 1180. The lowest BCUT2D eigenvalue weighted by Crippen LogP contribution is -2.51. The first-order valence-corrected chi connectivity index (χ1v) is 10.5. The van der Waals surface area contributed by atoms with Gasteiger partial charge in [0.05, 0.1) is 11.0 Å². The number of benzene rings is 2. The van der Waals surface area contributed by atoms with Crippen LogP contribution in [-0.4, -0.2) is 37.9 Å². The number of nitrogens with one attached hydrogen (secondary N) is 2. The van der Waals surface area contributed by atoms with Gasteiger partial charge < -0.3 is 5.32 Å². The van der Waals surface area contributed by atoms with E-state index in [4.69, 9.17) is 0 Å². The van der Waals surface area contributed by atoms with Crippen molar-refractivity contribution in [3.05, 3.63) is 60.4 Å². The highest BCUT2D eigenvalue weighted by Gasteiger charge is 2.52. The summed E-state index contributed by atoms with van der Waals surface area (Å²) in [7, 11) is 0. The molecule has 31 heavy (non-hydrogen) atoms. The molecule has 0 radical (unpaired) electrons. The van der Waals surface area contributed by atoms with Crippen molar-refractivity contribution < 1.29 is 14.4 Å². The second-order valence-corrected chi connectivity index (χ2v) is 8.43. The molecule has 8 nitrogen and oxygen atoms in total. The normalized spacial score (nSPS) is 23.4. The van der Waals surface area contributed by atoms with E-state index < -0.39 is 17.5 Å². The summed E-state index contributed by atoms with van der Waals surface area (Å²) < 4.78 is 1.93. The molecule has 0 unspecified atom stereocenters. The fourth-order valence-corrected chi connectivity index (χ4v) is 4.42. The fraction of sp³-hybridized carbons (Fsp3) is 0.304. The Morgan fingerprint density at radius 2 is 1.81 bits per heavy atom. The number of imidazole rings is 1. The molecular weight excluding hydrogens is 394 g/mol. The Morgan fingerprint density at radius 1 is 1.10 bits per heavy atom. The number of urea groups is 1. The molecule has 1 aliphatic carbocycles. The Balaban J connectivity index is 1.32. The molecule has 8 heteroatoms. The molecule has 0 atom stereocenters. The van der Waals surface area contributed by atoms with E-state index in [9.17, 15) is 14.4 Å². The van der Waals surface area contributed by atoms with E-state index in [2.05, 4.69) is 22.7 Å². The van der Waals surface area contributed by atoms with Crippen LogP contribution in [0.4, 0.5) is 4.79 Å². The molecule has 2 aromatic carbocycles. The van der Waals surface area contributed by atoms with Gasteiger partial charge in [0.15, 0.2) is 0 Å². The van der Waals surface area contributed by atoms with Crippen LogP contribution in [0.2, 0.25) is 0 Å². The summed E-state index contributed by atoms with van der Waals surface area (Å²) in [5.41, 5.74) is 4.65. The molecule has 3 aromatic rings. The number of imide groups is 1. The molecule has 2 N–H and O–H groups in total. The van der Waals surface area contributed by atoms with Crippen LogP contribution in [0.3, 0.4) is 0 Å². The number of hydrazine groups is 1. The first-order chi connectivity index (χ1) is 15.0. The molecule has 2 aliphatic rings. The second kappa shape index (κ2) is 7.23. The molecule has 5 rings (SSSR count). The van der Waals surface area contributed by atoms with Gasteiger partial charge in [0.2, 0.25) is 0 Å². The van der Waals surface area contributed by atoms with Crippen LogP contribution >= 0.6 is 0 Å². The van der Waals surface area contributed by atoms with E-state index in [1.165, 1.54) is 0 Å². The van der Waals surface area contributed by atoms with Crippen molar-refractivity contribution in [2.45, 2.75) is 38.1 Å². The minimum Gasteiger partial charge on any atom is -0.322 e. The molecular formula is C23H23N5O3. The number of aromatic nitrogens is 2. The zero-order chi connectivity index (χ0) is 21.6. The number of hydrogen-bond donors (Lipinski definition) is 2. The zero-order valence-electron chi connectivity index (χ0n) is 17.2. The van der Waals surface area contributed by atoms with Gasteiger partial charge in [-0.1, -0.05) is 19.1 Å². The predicted octanol–water partition coefficient (Wildman–Crippen LogP) is 3.17. The summed E-state index contributed by atoms with van der Waals surface area (Å²) in [6, 6.07) is 14.1. The Kier molecular flexibility index (Phi) is 4.50. The summed E-state index contributed by atoms with van der Waals surface area (Å²) in [5.74, 6) is -0.351. The van der Waals surface area contributed by atoms with Gasteiger partial charge in [-0.3, -0.25) is 19.6 Å². The van der Waals surface area contributed by atoms with Gasteiger partial charge in [-0.05, 0) is 68.0 Å². The molecule has 2 heterocycles. The SMILES string of the molecule is CC1CCC2(CC1)NC(=O)N(NC(=O)c1ccc(-n3cnc4ccccc43)cc1)C2=O. The van der Waals surface area contributed by atoms with Gasteiger partial charge in [0, 0.05) is 11.3 Å². The van der Waals surface area contributed by atoms with Gasteiger partial charge in [0.25, 0.3) is 11.8 Å². The Morgan fingerprint density at radius 3 is 2.55 bits per heavy atom. The summed E-state index contributed by atoms with van der Waals surface area (Å²) in [6.07, 6.45) is 4.67. The number of carbonyl (C=O) groups is 3. The first kappa shape index (κ1) is 19.3. The highest BCUT2D eigenvalue weighted by molar-refractivity contribution is 6.09. The third-order valence-electron chi connectivity index (χ3n) is 6.36.